The molecule has 7 atom stereocenters. The predicted molar refractivity (Wildman–Crippen MR) is 135 cm³/mol. The second kappa shape index (κ2) is 10.8. The van der Waals surface area contributed by atoms with E-state index in [9.17, 15) is 20.4 Å². The Morgan fingerprint density at radius 1 is 1.21 bits per heavy atom. The van der Waals surface area contributed by atoms with E-state index in [4.69, 9.17) is 0 Å². The smallest absolute Gasteiger partial charge is 0.0840 e. The van der Waals surface area contributed by atoms with Gasteiger partial charge in [0.2, 0.25) is 0 Å². The molecule has 0 aromatic rings. The fourth-order valence-corrected chi connectivity index (χ4v) is 7.32. The van der Waals surface area contributed by atoms with Crippen LogP contribution in [0.3, 0.4) is 0 Å². The normalized spacial score (nSPS) is 38.7. The molecule has 3 saturated carbocycles. The second-order valence-electron chi connectivity index (χ2n) is 12.1. The van der Waals surface area contributed by atoms with Gasteiger partial charge in [0.25, 0.3) is 0 Å². The molecule has 0 bridgehead atoms. The van der Waals surface area contributed by atoms with Gasteiger partial charge in [0.15, 0.2) is 0 Å². The third-order valence-electron chi connectivity index (χ3n) is 9.23. The Morgan fingerprint density at radius 2 is 1.94 bits per heavy atom. The molecule has 3 fully saturated rings. The van der Waals surface area contributed by atoms with Crippen molar-refractivity contribution in [2.75, 3.05) is 6.61 Å². The molecule has 0 aromatic heterocycles. The molecule has 3 rings (SSSR count). The highest BCUT2D eigenvalue weighted by molar-refractivity contribution is 5.39. The molecule has 4 nitrogen and oxygen atoms in total. The summed E-state index contributed by atoms with van der Waals surface area (Å²) in [6.07, 6.45) is 13.1. The summed E-state index contributed by atoms with van der Waals surface area (Å²) < 4.78 is 0. The largest absolute Gasteiger partial charge is 0.396 e. The third kappa shape index (κ3) is 6.01. The van der Waals surface area contributed by atoms with Crippen LogP contribution in [0.15, 0.2) is 35.5 Å². The first kappa shape index (κ1) is 26.7. The summed E-state index contributed by atoms with van der Waals surface area (Å²) in [4.78, 5) is 0. The second-order valence-corrected chi connectivity index (χ2v) is 12.1. The van der Waals surface area contributed by atoms with Gasteiger partial charge in [-0.1, -0.05) is 51.0 Å². The SMILES string of the molecule is C=C1/C(=C\C=C2CCC[C@@]3(C)C2CC[C@@H]3[C@H](C)CCCC(C)(C)O)C[C@@H](O)[C@@H](CCO)[C@H]1O. The summed E-state index contributed by atoms with van der Waals surface area (Å²) in [5.74, 6) is 1.68. The minimum absolute atomic E-state index is 0.0349. The summed E-state index contributed by atoms with van der Waals surface area (Å²) in [5.41, 5.74) is 2.93. The molecular formula is C29H48O4. The van der Waals surface area contributed by atoms with E-state index in [1.54, 1.807) is 0 Å². The molecule has 0 aliphatic heterocycles. The first-order chi connectivity index (χ1) is 15.5. The van der Waals surface area contributed by atoms with Crippen LogP contribution in [0.5, 0.6) is 0 Å². The van der Waals surface area contributed by atoms with Gasteiger partial charge in [0, 0.05) is 12.5 Å². The van der Waals surface area contributed by atoms with Gasteiger partial charge >= 0.3 is 0 Å². The maximum Gasteiger partial charge on any atom is 0.0840 e. The van der Waals surface area contributed by atoms with Crippen molar-refractivity contribution in [3.63, 3.8) is 0 Å². The topological polar surface area (TPSA) is 80.9 Å². The van der Waals surface area contributed by atoms with Crippen LogP contribution < -0.4 is 0 Å². The standard InChI is InChI=1S/C29H48O4/c1-19(8-6-15-28(3,4)33)24-12-13-25-21(9-7-16-29(24,25)5)10-11-22-18-26(31)23(14-17-30)27(32)20(22)2/h10-11,19,23-27,30-33H,2,6-9,12-18H2,1,3-5H3/b21-10?,22-11-/t19-,23-,24-,25?,26-,27+,29-/m1/s1. The Bertz CT molecular complexity index is 745. The lowest BCUT2D eigenvalue weighted by atomic mass is 9.60. The zero-order chi connectivity index (χ0) is 24.4. The van der Waals surface area contributed by atoms with Gasteiger partial charge in [0.05, 0.1) is 17.8 Å². The molecule has 3 aliphatic rings. The van der Waals surface area contributed by atoms with E-state index in [1.165, 1.54) is 37.7 Å². The monoisotopic (exact) mass is 460 g/mol. The first-order valence-electron chi connectivity index (χ1n) is 13.3. The van der Waals surface area contributed by atoms with Crippen molar-refractivity contribution in [3.05, 3.63) is 35.5 Å². The highest BCUT2D eigenvalue weighted by atomic mass is 16.3. The van der Waals surface area contributed by atoms with Gasteiger partial charge in [-0.15, -0.1) is 0 Å². The molecule has 188 valence electrons. The van der Waals surface area contributed by atoms with Crippen LogP contribution in [0.4, 0.5) is 0 Å². The van der Waals surface area contributed by atoms with E-state index in [0.717, 1.165) is 30.8 Å². The Morgan fingerprint density at radius 3 is 2.61 bits per heavy atom. The quantitative estimate of drug-likeness (QED) is 0.395. The zero-order valence-corrected chi connectivity index (χ0v) is 21.4. The lowest BCUT2D eigenvalue weighted by Gasteiger charge is -2.44. The summed E-state index contributed by atoms with van der Waals surface area (Å²) >= 11 is 0. The van der Waals surface area contributed by atoms with Gasteiger partial charge in [-0.3, -0.25) is 0 Å². The predicted octanol–water partition coefficient (Wildman–Crippen LogP) is 5.31. The van der Waals surface area contributed by atoms with E-state index >= 15 is 0 Å². The Kier molecular flexibility index (Phi) is 8.70. The van der Waals surface area contributed by atoms with Gasteiger partial charge in [-0.2, -0.15) is 0 Å². The number of allylic oxidation sites excluding steroid dienone is 3. The summed E-state index contributed by atoms with van der Waals surface area (Å²) in [7, 11) is 0. The van der Waals surface area contributed by atoms with Crippen LogP contribution in [0.1, 0.15) is 91.9 Å². The molecule has 4 N–H and O–H groups in total. The molecule has 1 unspecified atom stereocenters. The molecule has 0 radical (unpaired) electrons. The summed E-state index contributed by atoms with van der Waals surface area (Å²) in [6.45, 7) is 12.8. The van der Waals surface area contributed by atoms with Crippen molar-refractivity contribution in [3.8, 4) is 0 Å². The van der Waals surface area contributed by atoms with Crippen LogP contribution in [0.2, 0.25) is 0 Å². The zero-order valence-electron chi connectivity index (χ0n) is 21.4. The van der Waals surface area contributed by atoms with Crippen molar-refractivity contribution in [1.82, 2.24) is 0 Å². The summed E-state index contributed by atoms with van der Waals surface area (Å²) in [5, 5.41) is 40.4. The number of rotatable bonds is 8. The van der Waals surface area contributed by atoms with Gasteiger partial charge in [-0.25, -0.2) is 0 Å². The van der Waals surface area contributed by atoms with Crippen molar-refractivity contribution < 1.29 is 20.4 Å². The molecular weight excluding hydrogens is 412 g/mol. The minimum atomic E-state index is -0.789. The number of aliphatic hydroxyl groups is 4. The Labute approximate surface area is 201 Å². The lowest BCUT2D eigenvalue weighted by Crippen LogP contribution is -2.39. The molecule has 0 spiro atoms. The van der Waals surface area contributed by atoms with Crippen molar-refractivity contribution in [2.24, 2.45) is 29.1 Å². The van der Waals surface area contributed by atoms with Gasteiger partial charge in [0.1, 0.15) is 0 Å². The fourth-order valence-electron chi connectivity index (χ4n) is 7.32. The van der Waals surface area contributed by atoms with Gasteiger partial charge in [-0.05, 0) is 99.5 Å². The van der Waals surface area contributed by atoms with E-state index in [-0.39, 0.29) is 12.5 Å². The number of hydrogen-bond donors (Lipinski definition) is 4. The fraction of sp³-hybridized carbons (Fsp3) is 0.793. The summed E-state index contributed by atoms with van der Waals surface area (Å²) in [6, 6.07) is 0. The van der Waals surface area contributed by atoms with Crippen molar-refractivity contribution in [2.45, 2.75) is 110 Å². The van der Waals surface area contributed by atoms with Crippen LogP contribution in [0.25, 0.3) is 0 Å². The molecule has 4 heteroatoms. The Balaban J connectivity index is 1.70. The van der Waals surface area contributed by atoms with Crippen molar-refractivity contribution >= 4 is 0 Å². The van der Waals surface area contributed by atoms with E-state index in [2.05, 4.69) is 32.6 Å². The molecule has 0 aromatic carbocycles. The highest BCUT2D eigenvalue weighted by Gasteiger charge is 2.50. The Hall–Kier alpha value is -0.940. The maximum atomic E-state index is 10.6. The molecule has 0 saturated heterocycles. The molecule has 0 heterocycles. The maximum absolute atomic E-state index is 10.6. The average molecular weight is 461 g/mol. The van der Waals surface area contributed by atoms with Crippen molar-refractivity contribution in [1.29, 1.82) is 0 Å². The van der Waals surface area contributed by atoms with E-state index in [1.807, 2.05) is 13.8 Å². The molecule has 0 amide bonds. The van der Waals surface area contributed by atoms with Crippen LogP contribution in [0, 0.1) is 29.1 Å². The van der Waals surface area contributed by atoms with Crippen LogP contribution >= 0.6 is 0 Å². The number of aliphatic hydroxyl groups excluding tert-OH is 3. The molecule has 33 heavy (non-hydrogen) atoms. The minimum Gasteiger partial charge on any atom is -0.396 e. The van der Waals surface area contributed by atoms with Gasteiger partial charge < -0.3 is 20.4 Å². The lowest BCUT2D eigenvalue weighted by molar-refractivity contribution is 0.00609. The van der Waals surface area contributed by atoms with Crippen LogP contribution in [-0.2, 0) is 0 Å². The first-order valence-corrected chi connectivity index (χ1v) is 13.3. The molecule has 3 aliphatic carbocycles. The highest BCUT2D eigenvalue weighted by Crippen LogP contribution is 2.60. The van der Waals surface area contributed by atoms with E-state index < -0.39 is 17.8 Å². The van der Waals surface area contributed by atoms with Crippen LogP contribution in [-0.4, -0.2) is 44.8 Å². The third-order valence-corrected chi connectivity index (χ3v) is 9.23. The van der Waals surface area contributed by atoms with E-state index in [0.29, 0.717) is 35.7 Å². The number of hydrogen-bond acceptors (Lipinski definition) is 4. The number of fused-ring (bicyclic) bond motifs is 1. The average Bonchev–Trinajstić information content (AvgIpc) is 3.09.